The number of nitrogens with zero attached hydrogens (tertiary/aromatic N) is 3. The van der Waals surface area contributed by atoms with Gasteiger partial charge in [-0.3, -0.25) is 4.40 Å². The molecule has 0 unspecified atom stereocenters. The molecule has 0 spiro atoms. The van der Waals surface area contributed by atoms with Gasteiger partial charge < -0.3 is 4.42 Å². The normalized spacial score (nSPS) is 12.2. The molecule has 4 heterocycles. The van der Waals surface area contributed by atoms with Gasteiger partial charge in [0.1, 0.15) is 16.7 Å². The van der Waals surface area contributed by atoms with Crippen LogP contribution in [0.3, 0.4) is 0 Å². The molecule has 0 aliphatic heterocycles. The van der Waals surface area contributed by atoms with Crippen molar-refractivity contribution in [3.8, 4) is 22.3 Å². The number of para-hydroxylation sites is 4. The molecule has 0 amide bonds. The molecule has 0 saturated heterocycles. The van der Waals surface area contributed by atoms with Crippen molar-refractivity contribution >= 4 is 82.1 Å². The summed E-state index contributed by atoms with van der Waals surface area (Å²) in [6.45, 7) is 0. The number of pyridine rings is 2. The molecule has 11 aromatic rings. The van der Waals surface area contributed by atoms with E-state index in [-0.39, 0.29) is 0 Å². The summed E-state index contributed by atoms with van der Waals surface area (Å²) in [6.07, 6.45) is 0. The molecule has 0 aliphatic rings. The molecule has 0 fully saturated rings. The van der Waals surface area contributed by atoms with E-state index < -0.39 is 0 Å². The number of benzene rings is 7. The smallest absolute Gasteiger partial charge is 0.162 e. The van der Waals surface area contributed by atoms with E-state index in [1.54, 1.807) is 0 Å². The van der Waals surface area contributed by atoms with Gasteiger partial charge in [-0.1, -0.05) is 103 Å². The van der Waals surface area contributed by atoms with E-state index in [9.17, 15) is 0 Å². The number of hydrogen-bond acceptors (Lipinski definition) is 3. The van der Waals surface area contributed by atoms with Crippen molar-refractivity contribution in [2.24, 2.45) is 0 Å². The van der Waals surface area contributed by atoms with Crippen LogP contribution >= 0.6 is 0 Å². The van der Waals surface area contributed by atoms with Crippen LogP contribution in [0.4, 0.5) is 0 Å². The fourth-order valence-corrected chi connectivity index (χ4v) is 7.78. The van der Waals surface area contributed by atoms with Crippen molar-refractivity contribution in [2.45, 2.75) is 0 Å². The molecule has 7 aromatic carbocycles. The van der Waals surface area contributed by atoms with Gasteiger partial charge >= 0.3 is 0 Å². The second-order valence-corrected chi connectivity index (χ2v) is 12.6. The van der Waals surface area contributed by atoms with Gasteiger partial charge in [-0.25, -0.2) is 9.97 Å². The fourth-order valence-electron chi connectivity index (χ4n) is 7.78. The van der Waals surface area contributed by atoms with Crippen LogP contribution in [0, 0.1) is 0 Å². The highest BCUT2D eigenvalue weighted by atomic mass is 16.3. The number of imidazole rings is 1. The van der Waals surface area contributed by atoms with E-state index in [4.69, 9.17) is 14.4 Å². The molecular weight excluding hydrogens is 587 g/mol. The Labute approximate surface area is 274 Å². The molecule has 48 heavy (non-hydrogen) atoms. The second-order valence-electron chi connectivity index (χ2n) is 12.6. The summed E-state index contributed by atoms with van der Waals surface area (Å²) in [5.41, 5.74) is 12.2. The van der Waals surface area contributed by atoms with Crippen molar-refractivity contribution in [2.75, 3.05) is 0 Å². The molecule has 0 radical (unpaired) electrons. The first kappa shape index (κ1) is 25.6. The standard InChI is InChI=1S/C44H25N3O/c1-2-13-30-26(10-1)20-22-31-34-25-28(21-23-37(34)47-38-18-7-6-17-36(38)46-44(47)41(30)31)27-11-9-12-29(24-27)40-32-14-3-5-16-35(32)45-42-33-15-4-8-19-39(33)48-43(40)42/h1-25H. The van der Waals surface area contributed by atoms with Gasteiger partial charge in [-0.15, -0.1) is 0 Å². The highest BCUT2D eigenvalue weighted by molar-refractivity contribution is 6.23. The minimum Gasteiger partial charge on any atom is -0.454 e. The zero-order valence-electron chi connectivity index (χ0n) is 25.7. The largest absolute Gasteiger partial charge is 0.454 e. The van der Waals surface area contributed by atoms with Crippen LogP contribution in [0.1, 0.15) is 0 Å². The highest BCUT2D eigenvalue weighted by Gasteiger charge is 2.19. The van der Waals surface area contributed by atoms with Crippen LogP contribution in [0.2, 0.25) is 0 Å². The third kappa shape index (κ3) is 3.49. The van der Waals surface area contributed by atoms with E-state index in [2.05, 4.69) is 132 Å². The molecule has 222 valence electrons. The first-order chi connectivity index (χ1) is 23.8. The maximum absolute atomic E-state index is 6.53. The number of fused-ring (bicyclic) bond motifs is 14. The highest BCUT2D eigenvalue weighted by Crippen LogP contribution is 2.42. The lowest BCUT2D eigenvalue weighted by Crippen LogP contribution is -1.93. The van der Waals surface area contributed by atoms with Crippen LogP contribution in [-0.2, 0) is 0 Å². The van der Waals surface area contributed by atoms with Crippen molar-refractivity contribution in [3.63, 3.8) is 0 Å². The Bertz CT molecular complexity index is 3130. The summed E-state index contributed by atoms with van der Waals surface area (Å²) >= 11 is 0. The zero-order chi connectivity index (χ0) is 31.3. The number of hydrogen-bond donors (Lipinski definition) is 0. The topological polar surface area (TPSA) is 43.3 Å². The summed E-state index contributed by atoms with van der Waals surface area (Å²) in [6, 6.07) is 53.7. The molecule has 0 aliphatic carbocycles. The number of aromatic nitrogens is 3. The van der Waals surface area contributed by atoms with Gasteiger partial charge in [0.05, 0.1) is 22.1 Å². The van der Waals surface area contributed by atoms with E-state index >= 15 is 0 Å². The van der Waals surface area contributed by atoms with E-state index in [0.29, 0.717) is 0 Å². The summed E-state index contributed by atoms with van der Waals surface area (Å²) < 4.78 is 8.86. The maximum atomic E-state index is 6.53. The van der Waals surface area contributed by atoms with Crippen molar-refractivity contribution in [3.05, 3.63) is 152 Å². The summed E-state index contributed by atoms with van der Waals surface area (Å²) in [4.78, 5) is 10.2. The van der Waals surface area contributed by atoms with Gasteiger partial charge in [-0.2, -0.15) is 0 Å². The third-order valence-electron chi connectivity index (χ3n) is 9.93. The first-order valence-electron chi connectivity index (χ1n) is 16.3. The monoisotopic (exact) mass is 611 g/mol. The number of furan rings is 1. The Balaban J connectivity index is 1.20. The Morgan fingerprint density at radius 1 is 0.458 bits per heavy atom. The predicted octanol–water partition coefficient (Wildman–Crippen LogP) is 11.7. The number of rotatable bonds is 2. The van der Waals surface area contributed by atoms with Gasteiger partial charge in [0, 0.05) is 27.1 Å². The Kier molecular flexibility index (Phi) is 5.08. The zero-order valence-corrected chi connectivity index (χ0v) is 25.7. The van der Waals surface area contributed by atoms with Crippen LogP contribution in [0.25, 0.3) is 104 Å². The Morgan fingerprint density at radius 3 is 2.15 bits per heavy atom. The third-order valence-corrected chi connectivity index (χ3v) is 9.93. The molecule has 0 bridgehead atoms. The average molecular weight is 612 g/mol. The Morgan fingerprint density at radius 2 is 1.21 bits per heavy atom. The quantitative estimate of drug-likeness (QED) is 0.183. The lowest BCUT2D eigenvalue weighted by Gasteiger charge is -2.14. The van der Waals surface area contributed by atoms with Crippen LogP contribution in [0.5, 0.6) is 0 Å². The van der Waals surface area contributed by atoms with E-state index in [1.807, 2.05) is 24.3 Å². The molecule has 0 N–H and O–H groups in total. The van der Waals surface area contributed by atoms with Gasteiger partial charge in [-0.05, 0) is 81.4 Å². The van der Waals surface area contributed by atoms with Crippen molar-refractivity contribution in [1.29, 1.82) is 0 Å². The molecule has 11 rings (SSSR count). The summed E-state index contributed by atoms with van der Waals surface area (Å²) in [5, 5.41) is 8.11. The SMILES string of the molecule is c1cc(-c2ccc3c(c2)c2ccc4ccccc4c2c2nc4ccccc4n32)cc(-c2c3ccccc3nc3c2oc2ccccc23)c1. The predicted molar refractivity (Wildman–Crippen MR) is 199 cm³/mol. The van der Waals surface area contributed by atoms with Crippen molar-refractivity contribution in [1.82, 2.24) is 14.4 Å². The Hall–Kier alpha value is -6.52. The van der Waals surface area contributed by atoms with E-state index in [0.717, 1.165) is 77.4 Å². The minimum atomic E-state index is 0.817. The van der Waals surface area contributed by atoms with Gasteiger partial charge in [0.25, 0.3) is 0 Å². The summed E-state index contributed by atoms with van der Waals surface area (Å²) in [5.74, 6) is 0. The molecule has 4 aromatic heterocycles. The maximum Gasteiger partial charge on any atom is 0.162 e. The molecule has 4 nitrogen and oxygen atoms in total. The van der Waals surface area contributed by atoms with Gasteiger partial charge in [0.2, 0.25) is 0 Å². The lowest BCUT2D eigenvalue weighted by molar-refractivity contribution is 0.670. The van der Waals surface area contributed by atoms with Crippen LogP contribution in [0.15, 0.2) is 156 Å². The second kappa shape index (κ2) is 9.50. The van der Waals surface area contributed by atoms with E-state index in [1.165, 1.54) is 26.9 Å². The lowest BCUT2D eigenvalue weighted by atomic mass is 9.94. The fraction of sp³-hybridized carbons (Fsp3) is 0. The molecular formula is C44H25N3O. The molecule has 0 atom stereocenters. The van der Waals surface area contributed by atoms with Gasteiger partial charge in [0.15, 0.2) is 5.58 Å². The average Bonchev–Trinajstić information content (AvgIpc) is 3.72. The molecule has 0 saturated carbocycles. The van der Waals surface area contributed by atoms with Crippen molar-refractivity contribution < 1.29 is 4.42 Å². The minimum absolute atomic E-state index is 0.817. The van der Waals surface area contributed by atoms with Crippen LogP contribution < -0.4 is 0 Å². The molecule has 4 heteroatoms. The first-order valence-corrected chi connectivity index (χ1v) is 16.3. The summed E-state index contributed by atoms with van der Waals surface area (Å²) in [7, 11) is 0. The van der Waals surface area contributed by atoms with Crippen LogP contribution in [-0.4, -0.2) is 14.4 Å².